The molecule has 0 amide bonds. The standard InChI is InChI=1S/C13H25NOS/c1-12(2)7-11(8-16-10-12)14-9-13(15)5-3-4-6-13/h11,14-15H,3-10H2,1-2H3. The molecule has 2 fully saturated rings. The average molecular weight is 243 g/mol. The van der Waals surface area contributed by atoms with E-state index < -0.39 is 5.60 Å². The maximum Gasteiger partial charge on any atom is 0.0771 e. The minimum absolute atomic E-state index is 0.397. The fourth-order valence-electron chi connectivity index (χ4n) is 2.94. The summed E-state index contributed by atoms with van der Waals surface area (Å²) in [5, 5.41) is 13.9. The van der Waals surface area contributed by atoms with Crippen molar-refractivity contribution in [3.8, 4) is 0 Å². The van der Waals surface area contributed by atoms with Gasteiger partial charge in [-0.2, -0.15) is 11.8 Å². The van der Waals surface area contributed by atoms with Gasteiger partial charge in [-0.1, -0.05) is 26.7 Å². The zero-order valence-electron chi connectivity index (χ0n) is 10.6. The highest BCUT2D eigenvalue weighted by Crippen LogP contribution is 2.34. The van der Waals surface area contributed by atoms with Crippen LogP contribution in [0.15, 0.2) is 0 Å². The number of hydrogen-bond acceptors (Lipinski definition) is 3. The lowest BCUT2D eigenvalue weighted by molar-refractivity contribution is 0.0439. The first-order chi connectivity index (χ1) is 7.49. The number of rotatable bonds is 3. The Hall–Kier alpha value is 0.270. The summed E-state index contributed by atoms with van der Waals surface area (Å²) >= 11 is 2.05. The molecule has 2 rings (SSSR count). The highest BCUT2D eigenvalue weighted by Gasteiger charge is 2.33. The van der Waals surface area contributed by atoms with E-state index in [0.717, 1.165) is 19.4 Å². The van der Waals surface area contributed by atoms with Gasteiger partial charge in [0.05, 0.1) is 5.60 Å². The summed E-state index contributed by atoms with van der Waals surface area (Å²) in [6.07, 6.45) is 5.62. The van der Waals surface area contributed by atoms with Crippen LogP contribution in [-0.2, 0) is 0 Å². The van der Waals surface area contributed by atoms with Crippen LogP contribution >= 0.6 is 11.8 Å². The van der Waals surface area contributed by atoms with E-state index in [1.165, 1.54) is 30.8 Å². The van der Waals surface area contributed by atoms with Crippen molar-refractivity contribution >= 4 is 11.8 Å². The Labute approximate surface area is 104 Å². The van der Waals surface area contributed by atoms with Crippen LogP contribution in [0.2, 0.25) is 0 Å². The summed E-state index contributed by atoms with van der Waals surface area (Å²) in [5.41, 5.74) is 0.0606. The van der Waals surface area contributed by atoms with Crippen LogP contribution in [0.3, 0.4) is 0 Å². The van der Waals surface area contributed by atoms with Crippen LogP contribution in [0.5, 0.6) is 0 Å². The van der Waals surface area contributed by atoms with Crippen LogP contribution in [0.1, 0.15) is 46.0 Å². The number of thioether (sulfide) groups is 1. The van der Waals surface area contributed by atoms with Crippen molar-refractivity contribution < 1.29 is 5.11 Å². The van der Waals surface area contributed by atoms with Gasteiger partial charge >= 0.3 is 0 Å². The summed E-state index contributed by atoms with van der Waals surface area (Å²) < 4.78 is 0. The molecule has 1 aliphatic carbocycles. The maximum absolute atomic E-state index is 10.3. The van der Waals surface area contributed by atoms with Gasteiger partial charge in [-0.05, 0) is 30.4 Å². The van der Waals surface area contributed by atoms with Gasteiger partial charge in [0.2, 0.25) is 0 Å². The van der Waals surface area contributed by atoms with Crippen LogP contribution in [0.4, 0.5) is 0 Å². The SMILES string of the molecule is CC1(C)CSCC(NCC2(O)CCCC2)C1. The molecule has 2 nitrogen and oxygen atoms in total. The van der Waals surface area contributed by atoms with Gasteiger partial charge in [0, 0.05) is 18.3 Å². The summed E-state index contributed by atoms with van der Waals surface area (Å²) in [4.78, 5) is 0. The van der Waals surface area contributed by atoms with Crippen molar-refractivity contribution in [2.75, 3.05) is 18.1 Å². The van der Waals surface area contributed by atoms with Gasteiger partial charge in [-0.25, -0.2) is 0 Å². The molecule has 1 unspecified atom stereocenters. The quantitative estimate of drug-likeness (QED) is 0.798. The topological polar surface area (TPSA) is 32.3 Å². The van der Waals surface area contributed by atoms with Gasteiger partial charge in [0.15, 0.2) is 0 Å². The third-order valence-electron chi connectivity index (χ3n) is 3.86. The fourth-order valence-corrected chi connectivity index (χ4v) is 4.25. The Morgan fingerprint density at radius 1 is 1.31 bits per heavy atom. The molecule has 1 saturated heterocycles. The third kappa shape index (κ3) is 3.38. The first kappa shape index (κ1) is 12.7. The highest BCUT2D eigenvalue weighted by molar-refractivity contribution is 7.99. The van der Waals surface area contributed by atoms with E-state index in [2.05, 4.69) is 19.2 Å². The van der Waals surface area contributed by atoms with E-state index in [1.54, 1.807) is 0 Å². The molecule has 0 spiro atoms. The van der Waals surface area contributed by atoms with E-state index in [-0.39, 0.29) is 0 Å². The number of nitrogens with one attached hydrogen (secondary N) is 1. The molecule has 0 aromatic carbocycles. The van der Waals surface area contributed by atoms with Crippen molar-refractivity contribution in [3.63, 3.8) is 0 Å². The van der Waals surface area contributed by atoms with Gasteiger partial charge in [0.1, 0.15) is 0 Å². The van der Waals surface area contributed by atoms with Crippen LogP contribution in [-0.4, -0.2) is 34.8 Å². The van der Waals surface area contributed by atoms with E-state index in [9.17, 15) is 5.11 Å². The molecule has 1 aliphatic heterocycles. The Morgan fingerprint density at radius 2 is 2.00 bits per heavy atom. The van der Waals surface area contributed by atoms with E-state index in [4.69, 9.17) is 0 Å². The van der Waals surface area contributed by atoms with Gasteiger partial charge in [0.25, 0.3) is 0 Å². The Balaban J connectivity index is 1.77. The lowest BCUT2D eigenvalue weighted by Crippen LogP contribution is -2.47. The van der Waals surface area contributed by atoms with Crippen molar-refractivity contribution in [1.82, 2.24) is 5.32 Å². The molecule has 1 atom stereocenters. The second-order valence-corrected chi connectivity index (χ2v) is 7.42. The van der Waals surface area contributed by atoms with Crippen molar-refractivity contribution in [2.45, 2.75) is 57.6 Å². The minimum Gasteiger partial charge on any atom is -0.389 e. The Kier molecular flexibility index (Phi) is 3.87. The molecule has 94 valence electrons. The predicted molar refractivity (Wildman–Crippen MR) is 70.9 cm³/mol. The normalized spacial score (nSPS) is 32.8. The third-order valence-corrected chi connectivity index (χ3v) is 5.49. The predicted octanol–water partition coefficient (Wildman–Crippen LogP) is 2.41. The van der Waals surface area contributed by atoms with E-state index in [1.807, 2.05) is 11.8 Å². The second kappa shape index (κ2) is 4.87. The average Bonchev–Trinajstić information content (AvgIpc) is 2.62. The number of hydrogen-bond donors (Lipinski definition) is 2. The maximum atomic E-state index is 10.3. The minimum atomic E-state index is -0.397. The molecule has 0 aromatic rings. The van der Waals surface area contributed by atoms with Gasteiger partial charge in [-0.3, -0.25) is 0 Å². The molecular weight excluding hydrogens is 218 g/mol. The lowest BCUT2D eigenvalue weighted by atomic mass is 9.87. The Bertz CT molecular complexity index is 236. The monoisotopic (exact) mass is 243 g/mol. The second-order valence-electron chi connectivity index (χ2n) is 6.39. The van der Waals surface area contributed by atoms with Crippen molar-refractivity contribution in [1.29, 1.82) is 0 Å². The number of aliphatic hydroxyl groups is 1. The fraction of sp³-hybridized carbons (Fsp3) is 1.00. The Morgan fingerprint density at radius 3 is 2.62 bits per heavy atom. The first-order valence-corrected chi connectivity index (χ1v) is 7.68. The molecule has 0 aromatic heterocycles. The molecule has 16 heavy (non-hydrogen) atoms. The summed E-state index contributed by atoms with van der Waals surface area (Å²) in [6.45, 7) is 5.49. The van der Waals surface area contributed by atoms with Crippen LogP contribution in [0.25, 0.3) is 0 Å². The molecule has 0 bridgehead atoms. The molecule has 2 N–H and O–H groups in total. The lowest BCUT2D eigenvalue weighted by Gasteiger charge is -2.36. The smallest absolute Gasteiger partial charge is 0.0771 e. The highest BCUT2D eigenvalue weighted by atomic mass is 32.2. The first-order valence-electron chi connectivity index (χ1n) is 6.53. The van der Waals surface area contributed by atoms with E-state index >= 15 is 0 Å². The zero-order chi connectivity index (χ0) is 11.6. The van der Waals surface area contributed by atoms with Crippen LogP contribution in [0, 0.1) is 5.41 Å². The molecular formula is C13H25NOS. The molecule has 1 heterocycles. The molecule has 3 heteroatoms. The van der Waals surface area contributed by atoms with Gasteiger partial charge < -0.3 is 10.4 Å². The largest absolute Gasteiger partial charge is 0.389 e. The summed E-state index contributed by atoms with van der Waals surface area (Å²) in [7, 11) is 0. The zero-order valence-corrected chi connectivity index (χ0v) is 11.4. The van der Waals surface area contributed by atoms with E-state index in [0.29, 0.717) is 11.5 Å². The van der Waals surface area contributed by atoms with Crippen LogP contribution < -0.4 is 5.32 Å². The summed E-state index contributed by atoms with van der Waals surface area (Å²) in [6, 6.07) is 0.596. The molecule has 2 aliphatic rings. The molecule has 0 radical (unpaired) electrons. The van der Waals surface area contributed by atoms with Gasteiger partial charge in [-0.15, -0.1) is 0 Å². The van der Waals surface area contributed by atoms with Crippen molar-refractivity contribution in [3.05, 3.63) is 0 Å². The molecule has 1 saturated carbocycles. The summed E-state index contributed by atoms with van der Waals surface area (Å²) in [5.74, 6) is 2.48. The van der Waals surface area contributed by atoms with Crippen molar-refractivity contribution in [2.24, 2.45) is 5.41 Å².